The Bertz CT molecular complexity index is 1940. The third kappa shape index (κ3) is 10.1. The fourth-order valence-corrected chi connectivity index (χ4v) is 9.79. The molecule has 58 heavy (non-hydrogen) atoms. The molecule has 2 atom stereocenters. The highest BCUT2D eigenvalue weighted by Crippen LogP contribution is 2.46. The van der Waals surface area contributed by atoms with Gasteiger partial charge in [0.1, 0.15) is 5.76 Å². The van der Waals surface area contributed by atoms with Crippen LogP contribution in [0.1, 0.15) is 183 Å². The number of aliphatic hydroxyl groups is 1. The SMILES string of the molecule is CCCCCCCCCCCCCCCCCCOC(=O)CC[C@@H]1C2=C3CC(O)=C4C3=NC(=C4C)C=C3N=C(C=C4N=C(C=C(N2)[C@H]1C)C(C)=C4CC)C(C)=C3CC. The Kier molecular flexibility index (Phi) is 15.6. The molecule has 8 bridgehead atoms. The Hall–Kier alpha value is -4.00. The van der Waals surface area contributed by atoms with Crippen molar-refractivity contribution in [2.75, 3.05) is 6.61 Å². The number of ether oxygens (including phenoxy) is 1. The predicted molar refractivity (Wildman–Crippen MR) is 242 cm³/mol. The van der Waals surface area contributed by atoms with Crippen LogP contribution in [0.5, 0.6) is 0 Å². The van der Waals surface area contributed by atoms with Gasteiger partial charge < -0.3 is 15.2 Å². The molecule has 7 heteroatoms. The highest BCUT2D eigenvalue weighted by Gasteiger charge is 2.41. The van der Waals surface area contributed by atoms with Crippen LogP contribution in [0.4, 0.5) is 0 Å². The maximum absolute atomic E-state index is 13.2. The van der Waals surface area contributed by atoms with Gasteiger partial charge in [0, 0.05) is 47.2 Å². The first kappa shape index (κ1) is 43.6. The number of esters is 1. The monoisotopic (exact) mass is 789 g/mol. The van der Waals surface area contributed by atoms with Crippen molar-refractivity contribution in [1.82, 2.24) is 5.32 Å². The zero-order valence-electron chi connectivity index (χ0n) is 37.0. The maximum Gasteiger partial charge on any atom is 0.305 e. The molecule has 0 radical (unpaired) electrons. The van der Waals surface area contributed by atoms with Gasteiger partial charge in [-0.2, -0.15) is 0 Å². The van der Waals surface area contributed by atoms with E-state index in [0.717, 1.165) is 88.0 Å². The van der Waals surface area contributed by atoms with Crippen LogP contribution in [0.25, 0.3) is 0 Å². The molecule has 2 N–H and O–H groups in total. The number of aliphatic hydroxyl groups excluding tert-OH is 1. The van der Waals surface area contributed by atoms with Crippen LogP contribution < -0.4 is 5.32 Å². The van der Waals surface area contributed by atoms with E-state index >= 15 is 0 Å². The van der Waals surface area contributed by atoms with Gasteiger partial charge in [0.25, 0.3) is 0 Å². The van der Waals surface area contributed by atoms with E-state index in [1.807, 2.05) is 0 Å². The summed E-state index contributed by atoms with van der Waals surface area (Å²) in [6.45, 7) is 15.8. The molecule has 7 nitrogen and oxygen atoms in total. The van der Waals surface area contributed by atoms with Crippen molar-refractivity contribution in [2.45, 2.75) is 183 Å². The zero-order chi connectivity index (χ0) is 41.2. The van der Waals surface area contributed by atoms with Gasteiger partial charge in [-0.15, -0.1) is 0 Å². The standard InChI is InChI=1S/C51H72N4O3/c1-8-11-12-13-14-15-16-17-18-19-20-21-22-23-24-25-28-58-48(57)27-26-39-35(6)43-30-41-33(4)37(9-2)45(52-41)31-42-34(5)38(10-3)46(53-42)32-44-36(7)49-47(56)29-40(50(39)54-43)51(49)55-44/h30-32,35,39,54,56H,8-29H2,1-7H3/t35-,39-/m0/s1. The van der Waals surface area contributed by atoms with Crippen LogP contribution in [0.15, 0.2) is 106 Å². The Balaban J connectivity index is 1.06. The molecule has 0 unspecified atom stereocenters. The van der Waals surface area contributed by atoms with Crippen molar-refractivity contribution in [1.29, 1.82) is 0 Å². The average Bonchev–Trinajstić information content (AvgIpc) is 3.97. The second-order valence-electron chi connectivity index (χ2n) is 17.5. The molecule has 0 spiro atoms. The van der Waals surface area contributed by atoms with E-state index in [4.69, 9.17) is 19.7 Å². The fraction of sp³-hybridized carbons (Fsp3) is 0.608. The first-order valence-electron chi connectivity index (χ1n) is 23.3. The number of hydrogen-bond acceptors (Lipinski definition) is 7. The summed E-state index contributed by atoms with van der Waals surface area (Å²) in [7, 11) is 0. The first-order chi connectivity index (χ1) is 28.2. The third-order valence-electron chi connectivity index (χ3n) is 13.5. The number of rotatable bonds is 22. The third-order valence-corrected chi connectivity index (χ3v) is 13.5. The van der Waals surface area contributed by atoms with Gasteiger partial charge in [-0.1, -0.05) is 124 Å². The number of fused-ring (bicyclic) bond motifs is 5. The summed E-state index contributed by atoms with van der Waals surface area (Å²) < 4.78 is 5.79. The van der Waals surface area contributed by atoms with Crippen LogP contribution in [0.3, 0.4) is 0 Å². The summed E-state index contributed by atoms with van der Waals surface area (Å²) in [5.41, 5.74) is 15.3. The minimum atomic E-state index is -0.126. The van der Waals surface area contributed by atoms with E-state index in [-0.39, 0.29) is 17.8 Å². The van der Waals surface area contributed by atoms with Crippen LogP contribution >= 0.6 is 0 Å². The minimum Gasteiger partial charge on any atom is -0.511 e. The zero-order valence-corrected chi connectivity index (χ0v) is 37.0. The molecule has 1 aliphatic carbocycles. The summed E-state index contributed by atoms with van der Waals surface area (Å²) >= 11 is 0. The van der Waals surface area contributed by atoms with Crippen LogP contribution in [0.2, 0.25) is 0 Å². The van der Waals surface area contributed by atoms with Crippen molar-refractivity contribution < 1.29 is 14.6 Å². The van der Waals surface area contributed by atoms with E-state index in [2.05, 4.69) is 72.0 Å². The van der Waals surface area contributed by atoms with Gasteiger partial charge in [-0.05, 0) is 92.5 Å². The lowest BCUT2D eigenvalue weighted by Crippen LogP contribution is -2.16. The van der Waals surface area contributed by atoms with E-state index in [9.17, 15) is 9.90 Å². The first-order valence-corrected chi connectivity index (χ1v) is 23.3. The quantitative estimate of drug-likeness (QED) is 0.0843. The second-order valence-corrected chi connectivity index (χ2v) is 17.5. The van der Waals surface area contributed by atoms with Crippen LogP contribution in [-0.4, -0.2) is 34.8 Å². The number of carbonyl (C=O) groups is 1. The average molecular weight is 789 g/mol. The number of hydrogen-bond donors (Lipinski definition) is 2. The molecule has 6 rings (SSSR count). The molecular weight excluding hydrogens is 717 g/mol. The molecule has 0 amide bonds. The van der Waals surface area contributed by atoms with E-state index in [1.165, 1.54) is 112 Å². The maximum atomic E-state index is 13.2. The summed E-state index contributed by atoms with van der Waals surface area (Å²) in [6, 6.07) is 0. The molecule has 0 aromatic heterocycles. The fourth-order valence-electron chi connectivity index (χ4n) is 9.79. The van der Waals surface area contributed by atoms with Gasteiger partial charge in [-0.3, -0.25) is 4.79 Å². The van der Waals surface area contributed by atoms with E-state index < -0.39 is 0 Å². The predicted octanol–water partition coefficient (Wildman–Crippen LogP) is 13.7. The number of nitrogens with zero attached hydrogens (tertiary/aromatic N) is 3. The number of nitrogens with one attached hydrogen (secondary N) is 1. The topological polar surface area (TPSA) is 95.6 Å². The summed E-state index contributed by atoms with van der Waals surface area (Å²) in [4.78, 5) is 28.7. The molecule has 5 aliphatic heterocycles. The van der Waals surface area contributed by atoms with Crippen molar-refractivity contribution in [3.63, 3.8) is 0 Å². The van der Waals surface area contributed by atoms with Crippen molar-refractivity contribution in [3.8, 4) is 0 Å². The largest absolute Gasteiger partial charge is 0.511 e. The molecule has 0 aromatic carbocycles. The summed E-state index contributed by atoms with van der Waals surface area (Å²) in [6.07, 6.45) is 30.8. The molecule has 5 heterocycles. The molecule has 1 saturated heterocycles. The second kappa shape index (κ2) is 20.8. The van der Waals surface area contributed by atoms with Gasteiger partial charge in [0.05, 0.1) is 40.8 Å². The lowest BCUT2D eigenvalue weighted by atomic mass is 9.86. The Labute approximate surface area is 350 Å². The number of aliphatic imine (C=N–C) groups is 3. The van der Waals surface area contributed by atoms with Crippen molar-refractivity contribution >= 4 is 23.1 Å². The molecule has 0 saturated carbocycles. The minimum absolute atomic E-state index is 0.0448. The normalized spacial score (nSPS) is 21.2. The van der Waals surface area contributed by atoms with Crippen LogP contribution in [0, 0.1) is 11.8 Å². The number of allylic oxidation sites excluding steroid dienone is 12. The van der Waals surface area contributed by atoms with Crippen molar-refractivity contribution in [3.05, 3.63) is 91.5 Å². The lowest BCUT2D eigenvalue weighted by molar-refractivity contribution is -0.144. The molecular formula is C51H72N4O3. The number of unbranched alkanes of at least 4 members (excludes halogenated alkanes) is 15. The Morgan fingerprint density at radius 1 is 0.724 bits per heavy atom. The van der Waals surface area contributed by atoms with Gasteiger partial charge >= 0.3 is 5.97 Å². The van der Waals surface area contributed by atoms with E-state index in [1.54, 1.807) is 0 Å². The molecule has 314 valence electrons. The molecule has 1 fully saturated rings. The van der Waals surface area contributed by atoms with Crippen molar-refractivity contribution in [2.24, 2.45) is 26.8 Å². The van der Waals surface area contributed by atoms with Gasteiger partial charge in [-0.25, -0.2) is 15.0 Å². The summed E-state index contributed by atoms with van der Waals surface area (Å²) in [5.74, 6) is 0.387. The van der Waals surface area contributed by atoms with E-state index in [0.29, 0.717) is 31.6 Å². The van der Waals surface area contributed by atoms with Gasteiger partial charge in [0.2, 0.25) is 0 Å². The van der Waals surface area contributed by atoms with Gasteiger partial charge in [0.15, 0.2) is 0 Å². The Morgan fingerprint density at radius 3 is 1.83 bits per heavy atom. The number of carbonyl (C=O) groups excluding carboxylic acids is 1. The smallest absolute Gasteiger partial charge is 0.305 e. The Morgan fingerprint density at radius 2 is 1.26 bits per heavy atom. The highest BCUT2D eigenvalue weighted by atomic mass is 16.5. The summed E-state index contributed by atoms with van der Waals surface area (Å²) in [5, 5.41) is 15.2. The lowest BCUT2D eigenvalue weighted by Gasteiger charge is -2.17. The highest BCUT2D eigenvalue weighted by molar-refractivity contribution is 6.21. The van der Waals surface area contributed by atoms with Crippen LogP contribution in [-0.2, 0) is 9.53 Å². The molecule has 0 aromatic rings. The molecule has 6 aliphatic rings.